The fraction of sp³-hybridized carbons (Fsp3) is 0.143. The molecule has 1 rings (SSSR count). The molecule has 0 saturated heterocycles. The maximum atomic E-state index is 12.3. The molecule has 0 aliphatic rings. The van der Waals surface area contributed by atoms with E-state index in [1.165, 1.54) is 24.3 Å². The normalized spacial score (nSPS) is 10.0. The lowest BCUT2D eigenvalue weighted by atomic mass is 9.82. The minimum atomic E-state index is -0.861. The van der Waals surface area contributed by atoms with E-state index in [9.17, 15) is 4.39 Å². The highest BCUT2D eigenvalue weighted by Gasteiger charge is 1.95. The molecule has 4 radical (unpaired) electrons. The molecule has 4 heteroatoms. The van der Waals surface area contributed by atoms with E-state index >= 15 is 0 Å². The van der Waals surface area contributed by atoms with Crippen LogP contribution in [0.3, 0.4) is 0 Å². The first-order valence-electron chi connectivity index (χ1n) is 3.12. The number of hydrogen-bond acceptors (Lipinski definition) is 1. The molecule has 0 fully saturated rings. The minimum absolute atomic E-state index is 0.317. The lowest BCUT2D eigenvalue weighted by molar-refractivity contribution is 0.352. The average Bonchev–Trinajstić information content (AvgIpc) is 1.93. The maximum absolute atomic E-state index is 12.3. The molecule has 0 saturated carbocycles. The number of ether oxygens (including phenoxy) is 1. The summed E-state index contributed by atoms with van der Waals surface area (Å²) in [6, 6.07) is 5.47. The van der Waals surface area contributed by atoms with Gasteiger partial charge in [0.2, 0.25) is 0 Å². The van der Waals surface area contributed by atoms with Crippen LogP contribution in [-0.2, 0) is 0 Å². The smallest absolute Gasteiger partial charge is 0.123 e. The van der Waals surface area contributed by atoms with E-state index in [0.717, 1.165) is 0 Å². The fourth-order valence-electron chi connectivity index (χ4n) is 0.670. The molecule has 0 amide bonds. The van der Waals surface area contributed by atoms with Crippen LogP contribution in [0.15, 0.2) is 24.3 Å². The third kappa shape index (κ3) is 2.66. The second kappa shape index (κ2) is 3.46. The van der Waals surface area contributed by atoms with Gasteiger partial charge in [0.25, 0.3) is 0 Å². The third-order valence-corrected chi connectivity index (χ3v) is 1.09. The topological polar surface area (TPSA) is 9.23 Å². The Bertz CT molecular complexity index is 222. The molecular weight excluding hydrogens is 141 g/mol. The van der Waals surface area contributed by atoms with E-state index in [2.05, 4.69) is 0 Å². The molecular formula is C7H5B2FO. The maximum Gasteiger partial charge on any atom is 0.123 e. The highest BCUT2D eigenvalue weighted by molar-refractivity contribution is 6.34. The lowest BCUT2D eigenvalue weighted by Gasteiger charge is -2.09. The van der Waals surface area contributed by atoms with Gasteiger partial charge in [0, 0.05) is 5.90 Å². The standard InChI is InChI=1S/C7H5B2FO/c8-7(9)11-6-3-1-5(10)2-4-6/h1-4,7H. The molecule has 0 N–H and O–H groups in total. The van der Waals surface area contributed by atoms with Crippen molar-refractivity contribution in [1.82, 2.24) is 0 Å². The average molecular weight is 146 g/mol. The van der Waals surface area contributed by atoms with Crippen LogP contribution in [0.1, 0.15) is 0 Å². The van der Waals surface area contributed by atoms with Gasteiger partial charge in [0.05, 0.1) is 0 Å². The van der Waals surface area contributed by atoms with Gasteiger partial charge in [0.15, 0.2) is 0 Å². The Kier molecular flexibility index (Phi) is 2.58. The van der Waals surface area contributed by atoms with Crippen LogP contribution in [0.2, 0.25) is 0 Å². The van der Waals surface area contributed by atoms with E-state index in [1.807, 2.05) is 0 Å². The first kappa shape index (κ1) is 8.18. The van der Waals surface area contributed by atoms with Crippen molar-refractivity contribution in [3.05, 3.63) is 30.1 Å². The van der Waals surface area contributed by atoms with Gasteiger partial charge in [-0.2, -0.15) is 0 Å². The van der Waals surface area contributed by atoms with Gasteiger partial charge >= 0.3 is 0 Å². The Morgan fingerprint density at radius 3 is 2.18 bits per heavy atom. The van der Waals surface area contributed by atoms with Gasteiger partial charge in [-0.3, -0.25) is 0 Å². The van der Waals surface area contributed by atoms with Crippen molar-refractivity contribution >= 4 is 15.7 Å². The Morgan fingerprint density at radius 1 is 1.18 bits per heavy atom. The third-order valence-electron chi connectivity index (χ3n) is 1.09. The summed E-state index contributed by atoms with van der Waals surface area (Å²) in [5, 5.41) is 0. The van der Waals surface area contributed by atoms with Crippen molar-refractivity contribution in [3.63, 3.8) is 0 Å². The second-order valence-corrected chi connectivity index (χ2v) is 2.04. The zero-order chi connectivity index (χ0) is 8.27. The van der Waals surface area contributed by atoms with Gasteiger partial charge in [-0.15, -0.1) is 0 Å². The first-order chi connectivity index (χ1) is 5.18. The lowest BCUT2D eigenvalue weighted by Crippen LogP contribution is -2.15. The number of rotatable bonds is 2. The fourth-order valence-corrected chi connectivity index (χ4v) is 0.670. The van der Waals surface area contributed by atoms with E-state index in [4.69, 9.17) is 20.4 Å². The first-order valence-corrected chi connectivity index (χ1v) is 3.12. The summed E-state index contributed by atoms with van der Waals surface area (Å²) in [6.07, 6.45) is 0. The van der Waals surface area contributed by atoms with E-state index in [0.29, 0.717) is 5.75 Å². The highest BCUT2D eigenvalue weighted by Crippen LogP contribution is 2.11. The second-order valence-electron chi connectivity index (χ2n) is 2.04. The van der Waals surface area contributed by atoms with Crippen LogP contribution in [0, 0.1) is 5.82 Å². The van der Waals surface area contributed by atoms with Gasteiger partial charge in [-0.1, -0.05) is 0 Å². The van der Waals surface area contributed by atoms with Crippen molar-refractivity contribution < 1.29 is 9.13 Å². The Hall–Kier alpha value is -0.920. The van der Waals surface area contributed by atoms with Crippen LogP contribution < -0.4 is 4.74 Å². The molecule has 0 bridgehead atoms. The predicted octanol–water partition coefficient (Wildman–Crippen LogP) is 0.825. The highest BCUT2D eigenvalue weighted by atomic mass is 19.1. The van der Waals surface area contributed by atoms with Crippen molar-refractivity contribution in [3.8, 4) is 5.75 Å². The molecule has 11 heavy (non-hydrogen) atoms. The molecule has 0 aliphatic carbocycles. The summed E-state index contributed by atoms with van der Waals surface area (Å²) < 4.78 is 17.2. The molecule has 1 nitrogen and oxygen atoms in total. The quantitative estimate of drug-likeness (QED) is 0.561. The number of halogens is 1. The Balaban J connectivity index is 2.66. The monoisotopic (exact) mass is 146 g/mol. The zero-order valence-corrected chi connectivity index (χ0v) is 5.83. The van der Waals surface area contributed by atoms with Crippen molar-refractivity contribution in [2.75, 3.05) is 0 Å². The minimum Gasteiger partial charge on any atom is -0.510 e. The molecule has 0 aliphatic heterocycles. The molecule has 1 aromatic carbocycles. The van der Waals surface area contributed by atoms with Gasteiger partial charge in [-0.25, -0.2) is 4.39 Å². The SMILES string of the molecule is [B]C([B])Oc1ccc(F)cc1. The summed E-state index contributed by atoms with van der Waals surface area (Å²) in [7, 11) is 10.2. The molecule has 52 valence electrons. The van der Waals surface area contributed by atoms with Crippen molar-refractivity contribution in [2.45, 2.75) is 5.90 Å². The summed E-state index contributed by atoms with van der Waals surface area (Å²) in [5.41, 5.74) is 0. The zero-order valence-electron chi connectivity index (χ0n) is 5.83. The van der Waals surface area contributed by atoms with Crippen molar-refractivity contribution in [1.29, 1.82) is 0 Å². The van der Waals surface area contributed by atoms with Gasteiger partial charge < -0.3 is 4.74 Å². The summed E-state index contributed by atoms with van der Waals surface area (Å²) in [6.45, 7) is 0. The van der Waals surface area contributed by atoms with Crippen LogP contribution in [0.5, 0.6) is 5.75 Å². The van der Waals surface area contributed by atoms with E-state index < -0.39 is 5.90 Å². The molecule has 0 heterocycles. The summed E-state index contributed by atoms with van der Waals surface area (Å²) in [5.74, 6) is -0.718. The predicted molar refractivity (Wildman–Crippen MR) is 42.3 cm³/mol. The van der Waals surface area contributed by atoms with Crippen LogP contribution >= 0.6 is 0 Å². The number of benzene rings is 1. The van der Waals surface area contributed by atoms with Crippen LogP contribution in [0.25, 0.3) is 0 Å². The largest absolute Gasteiger partial charge is 0.510 e. The summed E-state index contributed by atoms with van der Waals surface area (Å²) >= 11 is 0. The van der Waals surface area contributed by atoms with Gasteiger partial charge in [-0.05, 0) is 24.3 Å². The Morgan fingerprint density at radius 2 is 1.73 bits per heavy atom. The van der Waals surface area contributed by atoms with Crippen LogP contribution in [0.4, 0.5) is 4.39 Å². The summed E-state index contributed by atoms with van der Waals surface area (Å²) in [4.78, 5) is 0. The molecule has 1 aromatic rings. The van der Waals surface area contributed by atoms with Crippen molar-refractivity contribution in [2.24, 2.45) is 0 Å². The molecule has 0 atom stereocenters. The molecule has 0 unspecified atom stereocenters. The van der Waals surface area contributed by atoms with E-state index in [-0.39, 0.29) is 5.82 Å². The van der Waals surface area contributed by atoms with E-state index in [1.54, 1.807) is 0 Å². The number of hydrogen-bond donors (Lipinski definition) is 0. The molecule has 0 aromatic heterocycles. The molecule has 0 spiro atoms. The van der Waals surface area contributed by atoms with Crippen LogP contribution in [-0.4, -0.2) is 21.6 Å². The van der Waals surface area contributed by atoms with Gasteiger partial charge in [0.1, 0.15) is 27.3 Å². The Labute approximate surface area is 67.4 Å².